The molecule has 2 aliphatic rings. The van der Waals surface area contributed by atoms with Crippen LogP contribution in [0.25, 0.3) is 22.0 Å². The topological polar surface area (TPSA) is 62.1 Å². The van der Waals surface area contributed by atoms with Gasteiger partial charge in [0.05, 0.1) is 12.3 Å². The van der Waals surface area contributed by atoms with Crippen molar-refractivity contribution in [3.8, 4) is 17.0 Å². The van der Waals surface area contributed by atoms with Gasteiger partial charge in [0.25, 0.3) is 0 Å². The van der Waals surface area contributed by atoms with Gasteiger partial charge in [0, 0.05) is 41.2 Å². The van der Waals surface area contributed by atoms with Crippen LogP contribution in [-0.2, 0) is 4.74 Å². The number of nitrogens with one attached hydrogen (secondary N) is 3. The molecule has 1 heterocycles. The Kier molecular flexibility index (Phi) is 4.86. The number of fused-ring (bicyclic) bond motifs is 3. The molecule has 5 nitrogen and oxygen atoms in total. The first-order valence-electron chi connectivity index (χ1n) is 8.52. The highest BCUT2D eigenvalue weighted by Gasteiger charge is 2.17. The van der Waals surface area contributed by atoms with Crippen LogP contribution in [-0.4, -0.2) is 30.5 Å². The van der Waals surface area contributed by atoms with Crippen molar-refractivity contribution in [2.75, 3.05) is 25.6 Å². The molecule has 0 fully saturated rings. The number of aromatic amines is 2. The Morgan fingerprint density at radius 3 is 2.81 bits per heavy atom. The Morgan fingerprint density at radius 2 is 1.96 bits per heavy atom. The van der Waals surface area contributed by atoms with Gasteiger partial charge < -0.3 is 14.8 Å². The Bertz CT molecular complexity index is 992. The van der Waals surface area contributed by atoms with Gasteiger partial charge in [-0.1, -0.05) is 22.0 Å². The Balaban J connectivity index is 1.58. The molecule has 0 atom stereocenters. The van der Waals surface area contributed by atoms with E-state index in [1.54, 1.807) is 7.11 Å². The van der Waals surface area contributed by atoms with Crippen molar-refractivity contribution in [3.63, 3.8) is 0 Å². The summed E-state index contributed by atoms with van der Waals surface area (Å²) in [5.41, 5.74) is 3.23. The number of anilines is 2. The summed E-state index contributed by atoms with van der Waals surface area (Å²) in [5.74, 6) is 1.82. The highest BCUT2D eigenvalue weighted by atomic mass is 79.9. The van der Waals surface area contributed by atoms with Gasteiger partial charge in [-0.15, -0.1) is 0 Å². The molecule has 0 amide bonds. The van der Waals surface area contributed by atoms with E-state index in [2.05, 4.69) is 49.6 Å². The third-order valence-corrected chi connectivity index (χ3v) is 4.79. The number of rotatable bonds is 7. The zero-order valence-electron chi connectivity index (χ0n) is 14.4. The lowest BCUT2D eigenvalue weighted by Gasteiger charge is -2.05. The molecule has 0 radical (unpaired) electrons. The summed E-state index contributed by atoms with van der Waals surface area (Å²) >= 11 is 3.50. The minimum atomic E-state index is 0.654. The van der Waals surface area contributed by atoms with Crippen LogP contribution in [0.2, 0.25) is 0 Å². The standard InChI is InChI=1S/C20H20BrN3O2/c1-25-8-3-9-26-16-6-7-17-13(10-16)11-18-19(17)23-24-20(18)22-15-5-2-4-14(21)12-15/h2,4-7,10-12,22-24H,3,8-9H2,1H3. The predicted octanol–water partition coefficient (Wildman–Crippen LogP) is 5.52. The molecule has 1 aliphatic heterocycles. The number of halogens is 1. The molecule has 26 heavy (non-hydrogen) atoms. The van der Waals surface area contributed by atoms with E-state index in [-0.39, 0.29) is 0 Å². The first-order valence-corrected chi connectivity index (χ1v) is 9.31. The fourth-order valence-corrected chi connectivity index (χ4v) is 3.48. The van der Waals surface area contributed by atoms with E-state index >= 15 is 0 Å². The molecule has 6 heteroatoms. The molecule has 0 bridgehead atoms. The average Bonchev–Trinajstić information content (AvgIpc) is 3.18. The van der Waals surface area contributed by atoms with E-state index in [0.717, 1.165) is 44.8 Å². The molecule has 0 spiro atoms. The largest absolute Gasteiger partial charge is 0.493 e. The molecule has 0 saturated heterocycles. The molecule has 0 saturated carbocycles. The summed E-state index contributed by atoms with van der Waals surface area (Å²) in [6, 6.07) is 16.4. The maximum absolute atomic E-state index is 5.81. The van der Waals surface area contributed by atoms with E-state index in [1.807, 2.05) is 30.3 Å². The van der Waals surface area contributed by atoms with Crippen LogP contribution >= 0.6 is 15.9 Å². The van der Waals surface area contributed by atoms with E-state index in [9.17, 15) is 0 Å². The van der Waals surface area contributed by atoms with Gasteiger partial charge in [0.1, 0.15) is 11.6 Å². The second kappa shape index (κ2) is 7.43. The molecule has 2 aromatic rings. The quantitative estimate of drug-likeness (QED) is 0.349. The zero-order chi connectivity index (χ0) is 17.9. The maximum Gasteiger partial charge on any atom is 0.132 e. The Labute approximate surface area is 160 Å². The minimum absolute atomic E-state index is 0.654. The van der Waals surface area contributed by atoms with Gasteiger partial charge in [0.2, 0.25) is 0 Å². The van der Waals surface area contributed by atoms with Gasteiger partial charge in [-0.3, -0.25) is 10.2 Å². The normalized spacial score (nSPS) is 11.3. The van der Waals surface area contributed by atoms with Crippen molar-refractivity contribution in [3.05, 3.63) is 53.0 Å². The van der Waals surface area contributed by atoms with E-state index in [0.29, 0.717) is 13.2 Å². The minimum Gasteiger partial charge on any atom is -0.493 e. The van der Waals surface area contributed by atoms with Gasteiger partial charge >= 0.3 is 0 Å². The van der Waals surface area contributed by atoms with E-state index in [1.165, 1.54) is 5.39 Å². The third kappa shape index (κ3) is 3.43. The lowest BCUT2D eigenvalue weighted by Crippen LogP contribution is -2.00. The molecule has 0 unspecified atom stereocenters. The first kappa shape index (κ1) is 17.0. The summed E-state index contributed by atoms with van der Waals surface area (Å²) in [6.07, 6.45) is 0.881. The van der Waals surface area contributed by atoms with Crippen molar-refractivity contribution in [1.82, 2.24) is 10.2 Å². The number of hydrogen-bond acceptors (Lipinski definition) is 3. The van der Waals surface area contributed by atoms with Crippen LogP contribution in [0.4, 0.5) is 11.5 Å². The van der Waals surface area contributed by atoms with Gasteiger partial charge in [-0.05, 0) is 47.9 Å². The number of benzene rings is 2. The SMILES string of the molecule is COCCCOc1ccc2c3[nH][nH]c(Nc4cccc(Br)c4)c-3cc2c1. The number of ether oxygens (including phenoxy) is 2. The molecule has 134 valence electrons. The molecule has 2 aromatic carbocycles. The number of methoxy groups -OCH3 is 1. The van der Waals surface area contributed by atoms with Gasteiger partial charge in [-0.25, -0.2) is 0 Å². The molecule has 1 aliphatic carbocycles. The van der Waals surface area contributed by atoms with Gasteiger partial charge in [0.15, 0.2) is 0 Å². The van der Waals surface area contributed by atoms with Crippen LogP contribution in [0.1, 0.15) is 6.42 Å². The second-order valence-electron chi connectivity index (χ2n) is 6.14. The molecule has 4 rings (SSSR count). The van der Waals surface area contributed by atoms with Crippen molar-refractivity contribution < 1.29 is 9.47 Å². The molecule has 0 aromatic heterocycles. The smallest absolute Gasteiger partial charge is 0.132 e. The van der Waals surface area contributed by atoms with Crippen molar-refractivity contribution in [2.24, 2.45) is 0 Å². The number of aromatic nitrogens is 2. The van der Waals surface area contributed by atoms with Crippen molar-refractivity contribution in [1.29, 1.82) is 0 Å². The summed E-state index contributed by atoms with van der Waals surface area (Å²) in [6.45, 7) is 1.36. The summed E-state index contributed by atoms with van der Waals surface area (Å²) in [7, 11) is 1.70. The van der Waals surface area contributed by atoms with Crippen LogP contribution in [0.5, 0.6) is 5.75 Å². The highest BCUT2D eigenvalue weighted by molar-refractivity contribution is 9.10. The monoisotopic (exact) mass is 413 g/mol. The van der Waals surface area contributed by atoms with Crippen LogP contribution in [0.3, 0.4) is 0 Å². The fourth-order valence-electron chi connectivity index (χ4n) is 3.08. The fraction of sp³-hybridized carbons (Fsp3) is 0.200. The van der Waals surface area contributed by atoms with E-state index < -0.39 is 0 Å². The van der Waals surface area contributed by atoms with Crippen LogP contribution < -0.4 is 10.1 Å². The second-order valence-corrected chi connectivity index (χ2v) is 7.05. The molecular weight excluding hydrogens is 394 g/mol. The van der Waals surface area contributed by atoms with E-state index in [4.69, 9.17) is 9.47 Å². The summed E-state index contributed by atoms with van der Waals surface area (Å²) < 4.78 is 11.9. The lowest BCUT2D eigenvalue weighted by atomic mass is 10.2. The van der Waals surface area contributed by atoms with Crippen LogP contribution in [0, 0.1) is 0 Å². The lowest BCUT2D eigenvalue weighted by molar-refractivity contribution is 0.172. The number of H-pyrrole nitrogens is 2. The predicted molar refractivity (Wildman–Crippen MR) is 109 cm³/mol. The summed E-state index contributed by atoms with van der Waals surface area (Å²) in [5, 5.41) is 12.2. The highest BCUT2D eigenvalue weighted by Crippen LogP contribution is 2.39. The maximum atomic E-state index is 5.81. The Morgan fingerprint density at radius 1 is 1.04 bits per heavy atom. The van der Waals surface area contributed by atoms with Gasteiger partial charge in [-0.2, -0.15) is 0 Å². The van der Waals surface area contributed by atoms with Crippen molar-refractivity contribution >= 4 is 38.2 Å². The first-order chi connectivity index (χ1) is 12.7. The van der Waals surface area contributed by atoms with Crippen molar-refractivity contribution in [2.45, 2.75) is 6.42 Å². The average molecular weight is 414 g/mol. The third-order valence-electron chi connectivity index (χ3n) is 4.30. The van der Waals surface area contributed by atoms with Crippen LogP contribution in [0.15, 0.2) is 53.0 Å². The molecular formula is C20H20BrN3O2. The zero-order valence-corrected chi connectivity index (χ0v) is 16.0. The Hall–Kier alpha value is -2.44. The number of hydrogen-bond donors (Lipinski definition) is 3. The molecule has 3 N–H and O–H groups in total. The summed E-state index contributed by atoms with van der Waals surface area (Å²) in [4.78, 5) is 0.